The maximum absolute atomic E-state index is 13.1. The third-order valence-electron chi connectivity index (χ3n) is 13.8. The van der Waals surface area contributed by atoms with Gasteiger partial charge in [0.05, 0.1) is 39.7 Å². The molecule has 2 unspecified atom stereocenters. The molecule has 83 heavy (non-hydrogen) atoms. The number of hydrogen-bond donors (Lipinski definition) is 3. The summed E-state index contributed by atoms with van der Waals surface area (Å²) in [4.78, 5) is 45.4. The minimum Gasteiger partial charge on any atom is -0.493 e. The van der Waals surface area contributed by atoms with Crippen molar-refractivity contribution in [1.29, 1.82) is 0 Å². The van der Waals surface area contributed by atoms with Gasteiger partial charge in [-0.25, -0.2) is 0 Å². The molecule has 3 atom stereocenters. The topological polar surface area (TPSA) is 201 Å². The van der Waals surface area contributed by atoms with Crippen molar-refractivity contribution >= 4 is 72.3 Å². The Morgan fingerprint density at radius 2 is 1.33 bits per heavy atom. The van der Waals surface area contributed by atoms with E-state index in [1.165, 1.54) is 60.9 Å². The highest BCUT2D eigenvalue weighted by atomic mass is 33.1. The van der Waals surface area contributed by atoms with Gasteiger partial charge < -0.3 is 44.0 Å². The number of ether oxygens (including phenoxy) is 6. The molecule has 3 N–H and O–H groups in total. The molecule has 0 amide bonds. The van der Waals surface area contributed by atoms with Crippen LogP contribution in [0.3, 0.4) is 0 Å². The number of aliphatic imine (C=N–C) groups is 1. The first-order valence-electron chi connectivity index (χ1n) is 28.0. The monoisotopic (exact) mass is 1200 g/mol. The number of carbonyl (C=O) groups is 3. The SMILES string of the molecule is COCCNCCOCCN(CC(C)(C)SSCCC(C(C)=O)S(=O)(=O)O)c1cc(COc2cc(N=CC(C)Cc3ccccc3C)c(C(C)=O)cc2OC)cc(COc2cc(NC[C@@H](C)Cc3ccccc3C)c(C(C)=O)cc2OC)c1. The van der Waals surface area contributed by atoms with E-state index in [2.05, 4.69) is 99.5 Å². The van der Waals surface area contributed by atoms with E-state index >= 15 is 0 Å². The minimum atomic E-state index is -4.54. The molecule has 0 bridgehead atoms. The van der Waals surface area contributed by atoms with Gasteiger partial charge in [0.25, 0.3) is 10.1 Å². The molecule has 0 saturated carbocycles. The molecule has 0 aliphatic carbocycles. The zero-order valence-electron chi connectivity index (χ0n) is 50.4. The lowest BCUT2D eigenvalue weighted by molar-refractivity contribution is -0.116. The number of anilines is 2. The van der Waals surface area contributed by atoms with Crippen molar-refractivity contribution in [2.45, 2.75) is 105 Å². The van der Waals surface area contributed by atoms with Crippen LogP contribution in [0, 0.1) is 25.7 Å². The number of carbonyl (C=O) groups excluding carboxylic acids is 3. The molecular weight excluding hydrogens is 1110 g/mol. The Labute approximate surface area is 500 Å². The van der Waals surface area contributed by atoms with Crippen molar-refractivity contribution in [2.75, 3.05) is 89.8 Å². The number of benzene rings is 5. The molecular formula is C64H86N4O12S3. The second-order valence-electron chi connectivity index (χ2n) is 21.6. The Morgan fingerprint density at radius 3 is 1.89 bits per heavy atom. The lowest BCUT2D eigenvalue weighted by atomic mass is 9.97. The van der Waals surface area contributed by atoms with E-state index in [1.807, 2.05) is 36.5 Å². The molecule has 452 valence electrons. The van der Waals surface area contributed by atoms with Crippen LogP contribution in [-0.4, -0.2) is 126 Å². The summed E-state index contributed by atoms with van der Waals surface area (Å²) in [6.45, 7) is 21.4. The van der Waals surface area contributed by atoms with Gasteiger partial charge in [-0.3, -0.25) is 23.9 Å². The van der Waals surface area contributed by atoms with Crippen molar-refractivity contribution in [1.82, 2.24) is 5.32 Å². The third kappa shape index (κ3) is 22.2. The fraction of sp³-hybridized carbons (Fsp3) is 0.469. The van der Waals surface area contributed by atoms with Crippen molar-refractivity contribution in [2.24, 2.45) is 16.8 Å². The van der Waals surface area contributed by atoms with Crippen molar-refractivity contribution in [3.63, 3.8) is 0 Å². The van der Waals surface area contributed by atoms with Gasteiger partial charge in [0.15, 0.2) is 34.6 Å². The van der Waals surface area contributed by atoms with E-state index in [-0.39, 0.29) is 43.0 Å². The van der Waals surface area contributed by atoms with Crippen LogP contribution < -0.4 is 34.5 Å². The number of rotatable bonds is 38. The minimum absolute atomic E-state index is 0.0284. The van der Waals surface area contributed by atoms with Crippen LogP contribution in [0.15, 0.2) is 96.0 Å². The Balaban J connectivity index is 1.52. The normalized spacial score (nSPS) is 12.9. The molecule has 0 saturated heterocycles. The van der Waals surface area contributed by atoms with Gasteiger partial charge in [-0.15, -0.1) is 0 Å². The number of ketones is 3. The molecule has 0 aromatic heterocycles. The molecule has 0 aliphatic rings. The summed E-state index contributed by atoms with van der Waals surface area (Å²) in [6.07, 6.45) is 3.48. The maximum Gasteiger partial charge on any atom is 0.274 e. The van der Waals surface area contributed by atoms with Gasteiger partial charge >= 0.3 is 0 Å². The molecule has 0 spiro atoms. The van der Waals surface area contributed by atoms with Crippen LogP contribution in [0.1, 0.15) is 109 Å². The van der Waals surface area contributed by atoms with Crippen molar-refractivity contribution in [3.05, 3.63) is 136 Å². The molecule has 19 heteroatoms. The summed E-state index contributed by atoms with van der Waals surface area (Å²) in [7, 11) is 3.18. The van der Waals surface area contributed by atoms with Gasteiger partial charge in [0.1, 0.15) is 24.2 Å². The molecule has 5 rings (SSSR count). The van der Waals surface area contributed by atoms with Gasteiger partial charge in [0, 0.05) is 91.2 Å². The summed E-state index contributed by atoms with van der Waals surface area (Å²) in [5.41, 5.74) is 9.32. The Bertz CT molecular complexity index is 3080. The fourth-order valence-corrected chi connectivity index (χ4v) is 12.9. The average Bonchev–Trinajstić information content (AvgIpc) is 3.64. The predicted molar refractivity (Wildman–Crippen MR) is 338 cm³/mol. The number of nitrogens with one attached hydrogen (secondary N) is 2. The summed E-state index contributed by atoms with van der Waals surface area (Å²) in [6, 6.07) is 29.7. The quantitative estimate of drug-likeness (QED) is 0.0111. The van der Waals surface area contributed by atoms with Crippen LogP contribution in [0.4, 0.5) is 17.1 Å². The van der Waals surface area contributed by atoms with Gasteiger partial charge in [-0.2, -0.15) is 8.42 Å². The van der Waals surface area contributed by atoms with Crippen LogP contribution in [0.25, 0.3) is 0 Å². The zero-order chi connectivity index (χ0) is 60.7. The molecule has 0 aliphatic heterocycles. The highest BCUT2D eigenvalue weighted by Crippen LogP contribution is 2.40. The predicted octanol–water partition coefficient (Wildman–Crippen LogP) is 12.2. The maximum atomic E-state index is 13.1. The lowest BCUT2D eigenvalue weighted by Gasteiger charge is -2.34. The van der Waals surface area contributed by atoms with E-state index in [1.54, 1.807) is 43.2 Å². The standard InChI is InChI=1S/C64H86N4O12S3/c1-43(29-52-19-15-13-17-45(52)3)38-66-57-36-61(59(76-11)34-55(57)47(5)69)79-40-50-31-51(41-80-62-37-58(56(48(6)70)35-60(62)77-12)67-39-44(2)30-53-20-16-14-18-46(53)4)33-54(32-50)68(24-27-78-26-23-65-22-25-75-10)42-64(8,9)82-81-28-21-63(49(7)71)83(72,73)74/h13-20,31-38,43-44,63,65,67H,21-30,39-42H2,1-12H3,(H,72,73,74)/t43?,44-,63?/m0/s1. The first kappa shape index (κ1) is 67.9. The zero-order valence-corrected chi connectivity index (χ0v) is 52.9. The van der Waals surface area contributed by atoms with E-state index in [0.29, 0.717) is 104 Å². The van der Waals surface area contributed by atoms with Crippen molar-refractivity contribution in [3.8, 4) is 23.0 Å². The summed E-state index contributed by atoms with van der Waals surface area (Å²) < 4.78 is 69.7. The second-order valence-corrected chi connectivity index (χ2v) is 26.3. The average molecular weight is 1200 g/mol. The molecule has 5 aromatic rings. The molecule has 5 aromatic carbocycles. The molecule has 0 heterocycles. The Kier molecular flexibility index (Phi) is 27.4. The number of aryl methyl sites for hydroxylation is 2. The van der Waals surface area contributed by atoms with E-state index in [0.717, 1.165) is 29.7 Å². The van der Waals surface area contributed by atoms with Gasteiger partial charge in [-0.05, 0) is 143 Å². The Hall–Kier alpha value is -5.93. The van der Waals surface area contributed by atoms with E-state index in [9.17, 15) is 27.4 Å². The molecule has 16 nitrogen and oxygen atoms in total. The number of methoxy groups -OCH3 is 3. The number of Topliss-reactive ketones (excluding diaryl/α,β-unsaturated/α-hetero) is 3. The van der Waals surface area contributed by atoms with Crippen LogP contribution in [-0.2, 0) is 50.4 Å². The summed E-state index contributed by atoms with van der Waals surface area (Å²) in [5, 5.41) is 5.37. The summed E-state index contributed by atoms with van der Waals surface area (Å²) in [5.74, 6) is 1.32. The summed E-state index contributed by atoms with van der Waals surface area (Å²) >= 11 is 0. The fourth-order valence-electron chi connectivity index (χ4n) is 9.34. The van der Waals surface area contributed by atoms with Crippen LogP contribution in [0.2, 0.25) is 0 Å². The lowest BCUT2D eigenvalue weighted by Crippen LogP contribution is -2.39. The smallest absolute Gasteiger partial charge is 0.274 e. The third-order valence-corrected chi connectivity index (χ3v) is 18.4. The number of nitrogens with zero attached hydrogens (tertiary/aromatic N) is 2. The molecule has 0 fully saturated rings. The first-order chi connectivity index (χ1) is 39.5. The Morgan fingerprint density at radius 1 is 0.747 bits per heavy atom. The molecule has 0 radical (unpaired) electrons. The van der Waals surface area contributed by atoms with Gasteiger partial charge in [0.2, 0.25) is 0 Å². The van der Waals surface area contributed by atoms with E-state index in [4.69, 9.17) is 33.4 Å². The highest BCUT2D eigenvalue weighted by molar-refractivity contribution is 8.77. The van der Waals surface area contributed by atoms with Crippen LogP contribution >= 0.6 is 21.6 Å². The largest absolute Gasteiger partial charge is 0.493 e. The van der Waals surface area contributed by atoms with Crippen LogP contribution in [0.5, 0.6) is 23.0 Å². The van der Waals surface area contributed by atoms with E-state index < -0.39 is 25.9 Å². The van der Waals surface area contributed by atoms with Crippen molar-refractivity contribution < 1.29 is 55.8 Å². The second kappa shape index (κ2) is 33.5. The highest BCUT2D eigenvalue weighted by Gasteiger charge is 2.29. The number of hydrogen-bond acceptors (Lipinski definition) is 17. The van der Waals surface area contributed by atoms with Gasteiger partial charge in [-0.1, -0.05) is 84.0 Å². The first-order valence-corrected chi connectivity index (χ1v) is 31.9.